The Bertz CT molecular complexity index is 578. The van der Waals surface area contributed by atoms with E-state index in [1.54, 1.807) is 0 Å². The third kappa shape index (κ3) is 7.11. The van der Waals surface area contributed by atoms with Gasteiger partial charge in [0.1, 0.15) is 5.82 Å². The van der Waals surface area contributed by atoms with E-state index in [-0.39, 0.29) is 5.82 Å². The number of aliphatic hydroxyl groups is 1. The summed E-state index contributed by atoms with van der Waals surface area (Å²) >= 11 is 0. The van der Waals surface area contributed by atoms with Crippen molar-refractivity contribution < 1.29 is 9.50 Å². The molecule has 0 spiro atoms. The second kappa shape index (κ2) is 10.6. The van der Waals surface area contributed by atoms with Gasteiger partial charge in [-0.15, -0.1) is 0 Å². The van der Waals surface area contributed by atoms with Crippen LogP contribution < -0.4 is 10.6 Å². The predicted octanol–water partition coefficient (Wildman–Crippen LogP) is 2.90. The Morgan fingerprint density at radius 1 is 1.19 bits per heavy atom. The number of rotatable bonds is 8. The van der Waals surface area contributed by atoms with Gasteiger partial charge in [0.2, 0.25) is 0 Å². The van der Waals surface area contributed by atoms with Crippen molar-refractivity contribution in [1.29, 1.82) is 0 Å². The van der Waals surface area contributed by atoms with E-state index < -0.39 is 5.60 Å². The lowest BCUT2D eigenvalue weighted by molar-refractivity contribution is 0.0417. The quantitative estimate of drug-likeness (QED) is 0.481. The van der Waals surface area contributed by atoms with Gasteiger partial charge in [0.05, 0.1) is 12.1 Å². The zero-order chi connectivity index (χ0) is 19.7. The van der Waals surface area contributed by atoms with Crippen LogP contribution in [-0.4, -0.2) is 53.8 Å². The molecular weight excluding hydrogens is 343 g/mol. The fourth-order valence-electron chi connectivity index (χ4n) is 3.30. The number of benzene rings is 1. The molecule has 5 nitrogen and oxygen atoms in total. The number of halogens is 1. The summed E-state index contributed by atoms with van der Waals surface area (Å²) < 4.78 is 13.0. The summed E-state index contributed by atoms with van der Waals surface area (Å²) in [6.45, 7) is 10.1. The average molecular weight is 379 g/mol. The summed E-state index contributed by atoms with van der Waals surface area (Å²) in [5.74, 6) is 0.602. The van der Waals surface area contributed by atoms with Crippen molar-refractivity contribution in [2.24, 2.45) is 4.99 Å². The van der Waals surface area contributed by atoms with E-state index in [2.05, 4.69) is 20.5 Å². The van der Waals surface area contributed by atoms with Gasteiger partial charge in [-0.1, -0.05) is 26.0 Å². The van der Waals surface area contributed by atoms with Gasteiger partial charge in [-0.05, 0) is 50.3 Å². The van der Waals surface area contributed by atoms with Gasteiger partial charge in [-0.25, -0.2) is 4.39 Å². The maximum atomic E-state index is 13.0. The van der Waals surface area contributed by atoms with E-state index in [1.807, 2.05) is 32.9 Å². The topological polar surface area (TPSA) is 59.9 Å². The first-order valence-electron chi connectivity index (χ1n) is 10.2. The second-order valence-corrected chi connectivity index (χ2v) is 7.45. The molecule has 0 bridgehead atoms. The minimum absolute atomic E-state index is 0.185. The van der Waals surface area contributed by atoms with Gasteiger partial charge in [-0.2, -0.15) is 0 Å². The van der Waals surface area contributed by atoms with E-state index in [0.29, 0.717) is 25.4 Å². The van der Waals surface area contributed by atoms with Crippen LogP contribution in [-0.2, 0) is 6.54 Å². The SMILES string of the molecule is CCNC(=NCC(O)(CC)CC)NC1CCN(Cc2ccc(F)cc2)CC1. The molecule has 0 amide bonds. The monoisotopic (exact) mass is 378 g/mol. The Labute approximate surface area is 163 Å². The highest BCUT2D eigenvalue weighted by atomic mass is 19.1. The summed E-state index contributed by atoms with van der Waals surface area (Å²) in [4.78, 5) is 7.02. The highest BCUT2D eigenvalue weighted by Crippen LogP contribution is 2.16. The summed E-state index contributed by atoms with van der Waals surface area (Å²) in [7, 11) is 0. The first-order chi connectivity index (χ1) is 13.0. The van der Waals surface area contributed by atoms with Crippen molar-refractivity contribution in [3.63, 3.8) is 0 Å². The molecule has 0 saturated carbocycles. The molecule has 1 aromatic carbocycles. The van der Waals surface area contributed by atoms with E-state index >= 15 is 0 Å². The van der Waals surface area contributed by atoms with Crippen molar-refractivity contribution in [3.05, 3.63) is 35.6 Å². The summed E-state index contributed by atoms with van der Waals surface area (Å²) in [6.07, 6.45) is 3.48. The molecule has 1 heterocycles. The number of piperidine rings is 1. The van der Waals surface area contributed by atoms with Crippen LogP contribution in [0.15, 0.2) is 29.3 Å². The van der Waals surface area contributed by atoms with Gasteiger partial charge >= 0.3 is 0 Å². The third-order valence-corrected chi connectivity index (χ3v) is 5.44. The Hall–Kier alpha value is -1.66. The zero-order valence-electron chi connectivity index (χ0n) is 17.0. The number of guanidine groups is 1. The number of hydrogen-bond donors (Lipinski definition) is 3. The summed E-state index contributed by atoms with van der Waals surface area (Å²) in [6, 6.07) is 7.15. The molecule has 1 saturated heterocycles. The lowest BCUT2D eigenvalue weighted by Crippen LogP contribution is -2.49. The van der Waals surface area contributed by atoms with E-state index in [4.69, 9.17) is 0 Å². The van der Waals surface area contributed by atoms with Gasteiger partial charge in [-0.3, -0.25) is 9.89 Å². The molecule has 1 aliphatic heterocycles. The van der Waals surface area contributed by atoms with Crippen LogP contribution in [0.1, 0.15) is 52.0 Å². The number of aliphatic imine (C=N–C) groups is 1. The molecular formula is C21H35FN4O. The molecule has 6 heteroatoms. The molecule has 1 aliphatic rings. The molecule has 0 radical (unpaired) electrons. The lowest BCUT2D eigenvalue weighted by Gasteiger charge is -2.33. The molecule has 3 N–H and O–H groups in total. The standard InChI is InChI=1S/C21H35FN4O/c1-4-21(27,5-2)16-24-20(23-6-3)25-19-11-13-26(14-12-19)15-17-7-9-18(22)10-8-17/h7-10,19,27H,4-6,11-16H2,1-3H3,(H2,23,24,25). The van der Waals surface area contributed by atoms with Crippen LogP contribution in [0.4, 0.5) is 4.39 Å². The van der Waals surface area contributed by atoms with Crippen LogP contribution in [0.5, 0.6) is 0 Å². The summed E-state index contributed by atoms with van der Waals surface area (Å²) in [5.41, 5.74) is 0.428. The number of likely N-dealkylation sites (tertiary alicyclic amines) is 1. The first kappa shape index (κ1) is 21.6. The van der Waals surface area contributed by atoms with Crippen molar-refractivity contribution >= 4 is 5.96 Å². The van der Waals surface area contributed by atoms with Gasteiger partial charge in [0.25, 0.3) is 0 Å². The predicted molar refractivity (Wildman–Crippen MR) is 109 cm³/mol. The van der Waals surface area contributed by atoms with Crippen LogP contribution in [0.25, 0.3) is 0 Å². The molecule has 0 aromatic heterocycles. The van der Waals surface area contributed by atoms with E-state index in [1.165, 1.54) is 12.1 Å². The zero-order valence-corrected chi connectivity index (χ0v) is 17.0. The lowest BCUT2D eigenvalue weighted by atomic mass is 9.98. The normalized spacial score (nSPS) is 17.1. The Kier molecular flexibility index (Phi) is 8.51. The third-order valence-electron chi connectivity index (χ3n) is 5.44. The first-order valence-corrected chi connectivity index (χ1v) is 10.2. The average Bonchev–Trinajstić information content (AvgIpc) is 2.69. The molecule has 0 unspecified atom stereocenters. The minimum atomic E-state index is -0.721. The van der Waals surface area contributed by atoms with Crippen molar-refractivity contribution in [2.45, 2.75) is 64.6 Å². The fourth-order valence-corrected chi connectivity index (χ4v) is 3.30. The highest BCUT2D eigenvalue weighted by molar-refractivity contribution is 5.80. The van der Waals surface area contributed by atoms with Crippen LogP contribution >= 0.6 is 0 Å². The Morgan fingerprint density at radius 2 is 1.81 bits per heavy atom. The van der Waals surface area contributed by atoms with Gasteiger partial charge < -0.3 is 15.7 Å². The Balaban J connectivity index is 1.83. The maximum absolute atomic E-state index is 13.0. The molecule has 27 heavy (non-hydrogen) atoms. The minimum Gasteiger partial charge on any atom is -0.388 e. The second-order valence-electron chi connectivity index (χ2n) is 7.45. The summed E-state index contributed by atoms with van der Waals surface area (Å²) in [5, 5.41) is 17.3. The van der Waals surface area contributed by atoms with E-state index in [0.717, 1.165) is 50.5 Å². The van der Waals surface area contributed by atoms with Gasteiger partial charge in [0, 0.05) is 32.2 Å². The molecule has 152 valence electrons. The maximum Gasteiger partial charge on any atom is 0.191 e. The molecule has 0 atom stereocenters. The van der Waals surface area contributed by atoms with Gasteiger partial charge in [0.15, 0.2) is 5.96 Å². The number of nitrogens with one attached hydrogen (secondary N) is 2. The fraction of sp³-hybridized carbons (Fsp3) is 0.667. The highest BCUT2D eigenvalue weighted by Gasteiger charge is 2.23. The molecule has 1 fully saturated rings. The Morgan fingerprint density at radius 3 is 2.37 bits per heavy atom. The van der Waals surface area contributed by atoms with Crippen LogP contribution in [0, 0.1) is 5.82 Å². The number of hydrogen-bond acceptors (Lipinski definition) is 3. The van der Waals surface area contributed by atoms with Crippen LogP contribution in [0.3, 0.4) is 0 Å². The van der Waals surface area contributed by atoms with Crippen molar-refractivity contribution in [2.75, 3.05) is 26.2 Å². The largest absolute Gasteiger partial charge is 0.388 e. The smallest absolute Gasteiger partial charge is 0.191 e. The van der Waals surface area contributed by atoms with Crippen molar-refractivity contribution in [3.8, 4) is 0 Å². The molecule has 2 rings (SSSR count). The molecule has 1 aromatic rings. The van der Waals surface area contributed by atoms with Crippen LogP contribution in [0.2, 0.25) is 0 Å². The van der Waals surface area contributed by atoms with Crippen molar-refractivity contribution in [1.82, 2.24) is 15.5 Å². The number of nitrogens with zero attached hydrogens (tertiary/aromatic N) is 2. The van der Waals surface area contributed by atoms with E-state index in [9.17, 15) is 9.50 Å². The molecule has 0 aliphatic carbocycles.